The van der Waals surface area contributed by atoms with E-state index < -0.39 is 0 Å². The SMILES string of the molecule is CCCNC(C1CCOC2(CCCCC2)C1)C(C)(C)OC. The van der Waals surface area contributed by atoms with Gasteiger partial charge < -0.3 is 14.8 Å². The molecule has 0 amide bonds. The van der Waals surface area contributed by atoms with Crippen LogP contribution in [0.25, 0.3) is 0 Å². The Hall–Kier alpha value is -0.120. The third-order valence-electron chi connectivity index (χ3n) is 5.66. The van der Waals surface area contributed by atoms with Crippen molar-refractivity contribution in [2.45, 2.75) is 89.4 Å². The minimum absolute atomic E-state index is 0.118. The molecule has 1 N–H and O–H groups in total. The van der Waals surface area contributed by atoms with Crippen LogP contribution in [0.1, 0.15) is 72.1 Å². The van der Waals surface area contributed by atoms with Crippen molar-refractivity contribution >= 4 is 0 Å². The van der Waals surface area contributed by atoms with Gasteiger partial charge in [-0.05, 0) is 58.4 Å². The summed E-state index contributed by atoms with van der Waals surface area (Å²) in [5.74, 6) is 0.665. The molecule has 3 nitrogen and oxygen atoms in total. The van der Waals surface area contributed by atoms with Crippen molar-refractivity contribution in [2.75, 3.05) is 20.3 Å². The van der Waals surface area contributed by atoms with Gasteiger partial charge in [0, 0.05) is 19.8 Å². The largest absolute Gasteiger partial charge is 0.377 e. The van der Waals surface area contributed by atoms with Gasteiger partial charge in [0.2, 0.25) is 0 Å². The number of rotatable bonds is 6. The van der Waals surface area contributed by atoms with Gasteiger partial charge in [-0.2, -0.15) is 0 Å². The number of ether oxygens (including phenoxy) is 2. The summed E-state index contributed by atoms with van der Waals surface area (Å²) in [6.07, 6.45) is 10.1. The van der Waals surface area contributed by atoms with Gasteiger partial charge in [-0.1, -0.05) is 26.2 Å². The molecule has 2 atom stereocenters. The molecule has 1 saturated heterocycles. The smallest absolute Gasteiger partial charge is 0.0777 e. The molecule has 0 aromatic carbocycles. The topological polar surface area (TPSA) is 30.5 Å². The predicted molar refractivity (Wildman–Crippen MR) is 87.7 cm³/mol. The minimum atomic E-state index is -0.118. The van der Waals surface area contributed by atoms with Crippen LogP contribution in [0.2, 0.25) is 0 Å². The van der Waals surface area contributed by atoms with E-state index in [1.165, 1.54) is 44.9 Å². The fourth-order valence-corrected chi connectivity index (χ4v) is 4.30. The average Bonchev–Trinajstić information content (AvgIpc) is 2.48. The molecule has 21 heavy (non-hydrogen) atoms. The molecule has 1 saturated carbocycles. The number of hydrogen-bond donors (Lipinski definition) is 1. The first-order valence-electron chi connectivity index (χ1n) is 8.95. The third-order valence-corrected chi connectivity index (χ3v) is 5.66. The molecule has 2 fully saturated rings. The van der Waals surface area contributed by atoms with Gasteiger partial charge in [0.15, 0.2) is 0 Å². The maximum atomic E-state index is 6.27. The van der Waals surface area contributed by atoms with E-state index in [0.29, 0.717) is 12.0 Å². The van der Waals surface area contributed by atoms with E-state index in [-0.39, 0.29) is 11.2 Å². The van der Waals surface area contributed by atoms with Crippen molar-refractivity contribution in [1.82, 2.24) is 5.32 Å². The first-order valence-corrected chi connectivity index (χ1v) is 8.95. The molecule has 2 aliphatic rings. The fraction of sp³-hybridized carbons (Fsp3) is 1.00. The van der Waals surface area contributed by atoms with E-state index in [0.717, 1.165) is 19.6 Å². The maximum absolute atomic E-state index is 6.27. The maximum Gasteiger partial charge on any atom is 0.0777 e. The lowest BCUT2D eigenvalue weighted by atomic mass is 9.71. The molecule has 1 spiro atoms. The van der Waals surface area contributed by atoms with Gasteiger partial charge in [-0.3, -0.25) is 0 Å². The molecule has 1 aliphatic heterocycles. The lowest BCUT2D eigenvalue weighted by molar-refractivity contribution is -0.136. The summed E-state index contributed by atoms with van der Waals surface area (Å²) in [5, 5.41) is 3.77. The normalized spacial score (nSPS) is 27.7. The first-order chi connectivity index (χ1) is 10.0. The second-order valence-electron chi connectivity index (χ2n) is 7.58. The van der Waals surface area contributed by atoms with Crippen molar-refractivity contribution in [2.24, 2.45) is 5.92 Å². The Morgan fingerprint density at radius 1 is 1.29 bits per heavy atom. The van der Waals surface area contributed by atoms with Crippen LogP contribution >= 0.6 is 0 Å². The summed E-state index contributed by atoms with van der Waals surface area (Å²) in [6.45, 7) is 8.68. The van der Waals surface area contributed by atoms with E-state index in [2.05, 4.69) is 26.1 Å². The monoisotopic (exact) mass is 297 g/mol. The molecule has 0 bridgehead atoms. The van der Waals surface area contributed by atoms with Gasteiger partial charge in [0.25, 0.3) is 0 Å². The number of methoxy groups -OCH3 is 1. The molecule has 1 aliphatic carbocycles. The molecule has 0 aromatic rings. The van der Waals surface area contributed by atoms with Gasteiger partial charge >= 0.3 is 0 Å². The second-order valence-corrected chi connectivity index (χ2v) is 7.58. The molecule has 124 valence electrons. The zero-order valence-corrected chi connectivity index (χ0v) is 14.5. The van der Waals surface area contributed by atoms with Crippen molar-refractivity contribution < 1.29 is 9.47 Å². The molecule has 0 radical (unpaired) electrons. The van der Waals surface area contributed by atoms with Crippen LogP contribution in [0.5, 0.6) is 0 Å². The highest BCUT2D eigenvalue weighted by Crippen LogP contribution is 2.43. The van der Waals surface area contributed by atoms with Crippen LogP contribution in [-0.2, 0) is 9.47 Å². The van der Waals surface area contributed by atoms with E-state index in [4.69, 9.17) is 9.47 Å². The summed E-state index contributed by atoms with van der Waals surface area (Å²) < 4.78 is 12.1. The Morgan fingerprint density at radius 3 is 2.62 bits per heavy atom. The van der Waals surface area contributed by atoms with E-state index in [9.17, 15) is 0 Å². The van der Waals surface area contributed by atoms with Crippen molar-refractivity contribution in [1.29, 1.82) is 0 Å². The summed E-state index contributed by atoms with van der Waals surface area (Å²) in [6, 6.07) is 0.421. The van der Waals surface area contributed by atoms with Crippen LogP contribution in [0.4, 0.5) is 0 Å². The molecular formula is C18H35NO2. The predicted octanol–water partition coefficient (Wildman–Crippen LogP) is 3.91. The van der Waals surface area contributed by atoms with Crippen LogP contribution in [0.15, 0.2) is 0 Å². The van der Waals surface area contributed by atoms with E-state index in [1.54, 1.807) is 0 Å². The number of hydrogen-bond acceptors (Lipinski definition) is 3. The molecule has 2 unspecified atom stereocenters. The van der Waals surface area contributed by atoms with E-state index in [1.807, 2.05) is 7.11 Å². The Bertz CT molecular complexity index is 305. The highest BCUT2D eigenvalue weighted by atomic mass is 16.5. The lowest BCUT2D eigenvalue weighted by Gasteiger charge is -2.48. The first kappa shape index (κ1) is 17.2. The minimum Gasteiger partial charge on any atom is -0.377 e. The van der Waals surface area contributed by atoms with E-state index >= 15 is 0 Å². The van der Waals surface area contributed by atoms with Crippen molar-refractivity contribution in [3.63, 3.8) is 0 Å². The Labute approximate surface area is 131 Å². The Morgan fingerprint density at radius 2 is 2.00 bits per heavy atom. The van der Waals surface area contributed by atoms with Crippen molar-refractivity contribution in [3.8, 4) is 0 Å². The third kappa shape index (κ3) is 4.20. The quantitative estimate of drug-likeness (QED) is 0.806. The van der Waals surface area contributed by atoms with Gasteiger partial charge in [0.1, 0.15) is 0 Å². The highest BCUT2D eigenvalue weighted by molar-refractivity contribution is 4.98. The molecule has 3 heteroatoms. The average molecular weight is 297 g/mol. The summed E-state index contributed by atoms with van der Waals surface area (Å²) in [5.41, 5.74) is 0.0597. The Balaban J connectivity index is 2.07. The zero-order valence-electron chi connectivity index (χ0n) is 14.5. The fourth-order valence-electron chi connectivity index (χ4n) is 4.30. The van der Waals surface area contributed by atoms with Gasteiger partial charge in [0.05, 0.1) is 11.2 Å². The molecule has 0 aromatic heterocycles. The van der Waals surface area contributed by atoms with Crippen molar-refractivity contribution in [3.05, 3.63) is 0 Å². The highest BCUT2D eigenvalue weighted by Gasteiger charge is 2.44. The molecular weight excluding hydrogens is 262 g/mol. The lowest BCUT2D eigenvalue weighted by Crippen LogP contribution is -2.56. The summed E-state index contributed by atoms with van der Waals surface area (Å²) >= 11 is 0. The van der Waals surface area contributed by atoms with Crippen LogP contribution in [0.3, 0.4) is 0 Å². The molecule has 1 heterocycles. The Kier molecular flexibility index (Phi) is 6.10. The second kappa shape index (κ2) is 7.43. The number of nitrogens with one attached hydrogen (secondary N) is 1. The zero-order chi connectivity index (χ0) is 15.3. The van der Waals surface area contributed by atoms with Gasteiger partial charge in [-0.15, -0.1) is 0 Å². The van der Waals surface area contributed by atoms with Crippen LogP contribution in [0, 0.1) is 5.92 Å². The standard InChI is InChI=1S/C18H35NO2/c1-5-12-19-16(17(2,3)20-4)15-9-13-21-18(14-15)10-7-6-8-11-18/h15-16,19H,5-14H2,1-4H3. The van der Waals surface area contributed by atoms with Crippen LogP contribution < -0.4 is 5.32 Å². The summed E-state index contributed by atoms with van der Waals surface area (Å²) in [7, 11) is 1.84. The molecule has 2 rings (SSSR count). The van der Waals surface area contributed by atoms with Gasteiger partial charge in [-0.25, -0.2) is 0 Å². The summed E-state index contributed by atoms with van der Waals surface area (Å²) in [4.78, 5) is 0. The van der Waals surface area contributed by atoms with Crippen LogP contribution in [-0.4, -0.2) is 37.5 Å².